The standard InChI is InChI=1S/C2H4F3O4P.2Li/c3-2(4,5)1-9-10(6,7)8;;/h1H2,(H2,6,7,8);;/q;2*+1/p-2. The molecule has 0 aromatic carbocycles. The molecule has 0 saturated carbocycles. The van der Waals surface area contributed by atoms with Gasteiger partial charge in [0.15, 0.2) is 0 Å². The van der Waals surface area contributed by atoms with Crippen LogP contribution in [-0.2, 0) is 9.09 Å². The third-order valence-corrected chi connectivity index (χ3v) is 0.832. The number of hydrogen-bond donors (Lipinski definition) is 0. The monoisotopic (exact) mass is 192 g/mol. The maximum atomic E-state index is 11.1. The summed E-state index contributed by atoms with van der Waals surface area (Å²) in [5.41, 5.74) is 0. The van der Waals surface area contributed by atoms with Crippen molar-refractivity contribution in [2.24, 2.45) is 0 Å². The van der Waals surface area contributed by atoms with Gasteiger partial charge in [-0.25, -0.2) is 0 Å². The van der Waals surface area contributed by atoms with Crippen LogP contribution in [0.25, 0.3) is 0 Å². The van der Waals surface area contributed by atoms with Gasteiger partial charge in [-0.15, -0.1) is 0 Å². The predicted octanol–water partition coefficient (Wildman–Crippen LogP) is -6.60. The van der Waals surface area contributed by atoms with E-state index in [1.165, 1.54) is 0 Å². The molecule has 0 rings (SSSR count). The van der Waals surface area contributed by atoms with Crippen molar-refractivity contribution in [3.05, 3.63) is 0 Å². The fourth-order valence-electron chi connectivity index (χ4n) is 0.152. The van der Waals surface area contributed by atoms with E-state index >= 15 is 0 Å². The van der Waals surface area contributed by atoms with E-state index in [0.29, 0.717) is 0 Å². The van der Waals surface area contributed by atoms with Crippen LogP contribution in [0.1, 0.15) is 0 Å². The second-order valence-corrected chi connectivity index (χ2v) is 2.49. The first-order valence-corrected chi connectivity index (χ1v) is 3.40. The second kappa shape index (κ2) is 6.53. The fraction of sp³-hybridized carbons (Fsp3) is 1.00. The summed E-state index contributed by atoms with van der Waals surface area (Å²) >= 11 is 0. The van der Waals surface area contributed by atoms with E-state index in [-0.39, 0.29) is 37.7 Å². The Morgan fingerprint density at radius 3 is 1.67 bits per heavy atom. The minimum absolute atomic E-state index is 0. The van der Waals surface area contributed by atoms with Crippen LogP contribution in [0.15, 0.2) is 0 Å². The Balaban J connectivity index is -0.000000405. The van der Waals surface area contributed by atoms with Crippen LogP contribution in [0.5, 0.6) is 0 Å². The van der Waals surface area contributed by atoms with Crippen LogP contribution in [0.4, 0.5) is 13.2 Å². The van der Waals surface area contributed by atoms with Crippen molar-refractivity contribution in [2.75, 3.05) is 6.61 Å². The van der Waals surface area contributed by atoms with Gasteiger partial charge in [0.2, 0.25) is 0 Å². The summed E-state index contributed by atoms with van der Waals surface area (Å²) in [7, 11) is -5.48. The number of hydrogen-bond acceptors (Lipinski definition) is 4. The molecule has 0 saturated heterocycles. The van der Waals surface area contributed by atoms with Crippen LogP contribution in [0, 0.1) is 0 Å². The largest absolute Gasteiger partial charge is 1.00 e. The molecule has 12 heavy (non-hydrogen) atoms. The van der Waals surface area contributed by atoms with Crippen molar-refractivity contribution in [3.63, 3.8) is 0 Å². The van der Waals surface area contributed by atoms with Gasteiger partial charge in [0.25, 0.3) is 0 Å². The van der Waals surface area contributed by atoms with Gasteiger partial charge in [-0.3, -0.25) is 0 Å². The zero-order valence-electron chi connectivity index (χ0n) is 6.42. The third kappa shape index (κ3) is 17.3. The molecular formula is C2H2F3Li2O4P. The first-order valence-electron chi connectivity index (χ1n) is 1.94. The average Bonchev–Trinajstić information content (AvgIpc) is 1.57. The van der Waals surface area contributed by atoms with Crippen molar-refractivity contribution in [3.8, 4) is 0 Å². The van der Waals surface area contributed by atoms with E-state index in [2.05, 4.69) is 4.52 Å². The van der Waals surface area contributed by atoms with Crippen molar-refractivity contribution in [1.29, 1.82) is 0 Å². The molecule has 4 nitrogen and oxygen atoms in total. The Hall–Kier alpha value is 1.09. The van der Waals surface area contributed by atoms with E-state index in [1.807, 2.05) is 0 Å². The maximum Gasteiger partial charge on any atom is 1.00 e. The third-order valence-electron chi connectivity index (χ3n) is 0.386. The van der Waals surface area contributed by atoms with E-state index in [9.17, 15) is 27.5 Å². The zero-order valence-corrected chi connectivity index (χ0v) is 7.32. The SMILES string of the molecule is O=P([O-])([O-])OCC(F)(F)F.[Li+].[Li+]. The molecule has 62 valence electrons. The molecule has 0 aliphatic rings. The first kappa shape index (κ1) is 18.8. The molecule has 0 aliphatic carbocycles. The number of phosphoric acid groups is 1. The summed E-state index contributed by atoms with van der Waals surface area (Å²) in [5, 5.41) is 0. The van der Waals surface area contributed by atoms with Crippen LogP contribution in [0.3, 0.4) is 0 Å². The molecule has 0 fully saturated rings. The predicted molar refractivity (Wildman–Crippen MR) is 19.6 cm³/mol. The number of halogens is 3. The summed E-state index contributed by atoms with van der Waals surface area (Å²) in [5.74, 6) is 0. The molecule has 0 atom stereocenters. The molecular weight excluding hydrogens is 190 g/mol. The van der Waals surface area contributed by atoms with E-state index in [0.717, 1.165) is 0 Å². The summed E-state index contributed by atoms with van der Waals surface area (Å²) < 4.78 is 45.5. The van der Waals surface area contributed by atoms with Gasteiger partial charge in [-0.2, -0.15) is 13.2 Å². The van der Waals surface area contributed by atoms with Crippen molar-refractivity contribution in [1.82, 2.24) is 0 Å². The Morgan fingerprint density at radius 2 is 1.58 bits per heavy atom. The van der Waals surface area contributed by atoms with E-state index < -0.39 is 20.6 Å². The van der Waals surface area contributed by atoms with Gasteiger partial charge in [-0.05, 0) is 0 Å². The zero-order chi connectivity index (χ0) is 8.41. The fourth-order valence-corrected chi connectivity index (χ4v) is 0.457. The summed E-state index contributed by atoms with van der Waals surface area (Å²) in [6, 6.07) is 0. The molecule has 0 N–H and O–H groups in total. The maximum absolute atomic E-state index is 11.1. The Morgan fingerprint density at radius 1 is 1.25 bits per heavy atom. The molecule has 0 radical (unpaired) electrons. The summed E-state index contributed by atoms with van der Waals surface area (Å²) in [6.45, 7) is -2.06. The molecule has 0 spiro atoms. The number of phosphoric ester groups is 1. The molecule has 0 heterocycles. The molecule has 0 bridgehead atoms. The van der Waals surface area contributed by atoms with Crippen molar-refractivity contribution < 1.29 is 69.8 Å². The number of alkyl halides is 3. The van der Waals surface area contributed by atoms with Crippen molar-refractivity contribution in [2.45, 2.75) is 6.18 Å². The van der Waals surface area contributed by atoms with Gasteiger partial charge in [-0.1, -0.05) is 0 Å². The molecule has 0 unspecified atom stereocenters. The molecule has 0 aliphatic heterocycles. The normalized spacial score (nSPS) is 11.4. The summed E-state index contributed by atoms with van der Waals surface area (Å²) in [6.07, 6.45) is -4.79. The first-order chi connectivity index (χ1) is 4.21. The van der Waals surface area contributed by atoms with Crippen LogP contribution >= 0.6 is 7.82 Å². The van der Waals surface area contributed by atoms with E-state index in [4.69, 9.17) is 0 Å². The van der Waals surface area contributed by atoms with Gasteiger partial charge < -0.3 is 18.9 Å². The smallest absolute Gasteiger partial charge is 0.790 e. The van der Waals surface area contributed by atoms with E-state index in [1.54, 1.807) is 0 Å². The minimum Gasteiger partial charge on any atom is -0.790 e. The quantitative estimate of drug-likeness (QED) is 0.322. The molecule has 0 aromatic rings. The number of rotatable bonds is 2. The Bertz CT molecular complexity index is 155. The van der Waals surface area contributed by atoms with Crippen molar-refractivity contribution >= 4 is 7.82 Å². The van der Waals surface area contributed by atoms with Crippen LogP contribution in [0.2, 0.25) is 0 Å². The Kier molecular flexibility index (Phi) is 10.2. The average molecular weight is 192 g/mol. The second-order valence-electron chi connectivity index (χ2n) is 1.34. The summed E-state index contributed by atoms with van der Waals surface area (Å²) in [4.78, 5) is 18.9. The van der Waals surface area contributed by atoms with Gasteiger partial charge in [0, 0.05) is 0 Å². The molecule has 0 aromatic heterocycles. The van der Waals surface area contributed by atoms with Gasteiger partial charge in [0.1, 0.15) is 6.61 Å². The van der Waals surface area contributed by atoms with Crippen LogP contribution in [-0.4, -0.2) is 12.8 Å². The van der Waals surface area contributed by atoms with Crippen LogP contribution < -0.4 is 47.5 Å². The van der Waals surface area contributed by atoms with Gasteiger partial charge >= 0.3 is 43.9 Å². The molecule has 0 amide bonds. The minimum atomic E-state index is -5.48. The topological polar surface area (TPSA) is 72.4 Å². The molecule has 10 heteroatoms. The Labute approximate surface area is 90.4 Å². The van der Waals surface area contributed by atoms with Gasteiger partial charge in [0.05, 0.1) is 7.82 Å².